The van der Waals surface area contributed by atoms with Gasteiger partial charge in [0.1, 0.15) is 6.61 Å². The summed E-state index contributed by atoms with van der Waals surface area (Å²) < 4.78 is 5.13. The van der Waals surface area contributed by atoms with Crippen LogP contribution >= 0.6 is 0 Å². The minimum absolute atomic E-state index is 0.100. The molecule has 0 bridgehead atoms. The predicted octanol–water partition coefficient (Wildman–Crippen LogP) is 2.55. The average Bonchev–Trinajstić information content (AvgIpc) is 2.20. The van der Waals surface area contributed by atoms with Crippen LogP contribution in [0.1, 0.15) is 41.0 Å². The summed E-state index contributed by atoms with van der Waals surface area (Å²) in [4.78, 5) is 13.4. The summed E-state index contributed by atoms with van der Waals surface area (Å²) in [5, 5.41) is 0. The zero-order chi connectivity index (χ0) is 12.5. The third-order valence-electron chi connectivity index (χ3n) is 2.21. The summed E-state index contributed by atoms with van der Waals surface area (Å²) in [6, 6.07) is 0. The van der Waals surface area contributed by atoms with Crippen molar-refractivity contribution in [1.82, 2.24) is 4.90 Å². The van der Waals surface area contributed by atoms with Crippen LogP contribution in [-0.2, 0) is 9.53 Å². The quantitative estimate of drug-likeness (QED) is 0.663. The van der Waals surface area contributed by atoms with Gasteiger partial charge in [0.25, 0.3) is 0 Å². The monoisotopic (exact) mass is 217 g/mol. The molecule has 0 saturated heterocycles. The van der Waals surface area contributed by atoms with Crippen LogP contribution in [0.2, 0.25) is 0 Å². The van der Waals surface area contributed by atoms with Crippen molar-refractivity contribution < 1.29 is 9.53 Å². The van der Waals surface area contributed by atoms with E-state index in [2.05, 4.69) is 0 Å². The van der Waals surface area contributed by atoms with Crippen molar-refractivity contribution in [3.8, 4) is 0 Å². The predicted molar refractivity (Wildman–Crippen MR) is 64.9 cm³/mol. The van der Waals surface area contributed by atoms with Crippen LogP contribution in [-0.4, -0.2) is 38.1 Å². The summed E-state index contributed by atoms with van der Waals surface area (Å²) in [5.41, 5.74) is -0.341. The Morgan fingerprint density at radius 3 is 2.07 bits per heavy atom. The molecule has 0 aromatic carbocycles. The van der Waals surface area contributed by atoms with E-state index in [1.54, 1.807) is 0 Å². The van der Waals surface area contributed by atoms with Gasteiger partial charge in [-0.05, 0) is 34.4 Å². The molecule has 0 fully saturated rings. The number of esters is 1. The first kappa shape index (κ1) is 16.8. The summed E-state index contributed by atoms with van der Waals surface area (Å²) in [6.45, 7) is 11.1. The molecule has 0 saturated carbocycles. The molecule has 3 heteroatoms. The van der Waals surface area contributed by atoms with Crippen LogP contribution in [0.5, 0.6) is 0 Å². The number of rotatable bonds is 5. The van der Waals surface area contributed by atoms with Gasteiger partial charge in [-0.2, -0.15) is 0 Å². The molecule has 0 aliphatic rings. The molecule has 15 heavy (non-hydrogen) atoms. The van der Waals surface area contributed by atoms with Crippen LogP contribution in [0.15, 0.2) is 0 Å². The van der Waals surface area contributed by atoms with Crippen molar-refractivity contribution in [2.24, 2.45) is 5.41 Å². The SMILES string of the molecule is CC.CCC(C)(C)C(=O)OCCN(C)C. The number of hydrogen-bond donors (Lipinski definition) is 0. The molecule has 0 aliphatic heterocycles. The smallest absolute Gasteiger partial charge is 0.311 e. The highest BCUT2D eigenvalue weighted by Gasteiger charge is 2.26. The maximum atomic E-state index is 11.4. The second-order valence-corrected chi connectivity index (χ2v) is 4.18. The van der Waals surface area contributed by atoms with Gasteiger partial charge in [-0.3, -0.25) is 4.79 Å². The molecule has 0 unspecified atom stereocenters. The molecule has 92 valence electrons. The Balaban J connectivity index is 0. The topological polar surface area (TPSA) is 29.5 Å². The van der Waals surface area contributed by atoms with Gasteiger partial charge >= 0.3 is 5.97 Å². The molecule has 0 aromatic rings. The highest BCUT2D eigenvalue weighted by atomic mass is 16.5. The Bertz CT molecular complexity index is 165. The normalized spacial score (nSPS) is 10.7. The molecule has 3 nitrogen and oxygen atoms in total. The second kappa shape index (κ2) is 8.72. The molecule has 0 heterocycles. The minimum atomic E-state index is -0.341. The molecule has 0 N–H and O–H groups in total. The Morgan fingerprint density at radius 1 is 1.27 bits per heavy atom. The molecule has 0 radical (unpaired) electrons. The number of nitrogens with zero attached hydrogens (tertiary/aromatic N) is 1. The van der Waals surface area contributed by atoms with E-state index in [1.807, 2.05) is 53.6 Å². The summed E-state index contributed by atoms with van der Waals surface area (Å²) in [6.07, 6.45) is 0.813. The molecular weight excluding hydrogens is 190 g/mol. The first-order chi connectivity index (χ1) is 6.90. The van der Waals surface area contributed by atoms with Crippen LogP contribution in [0.4, 0.5) is 0 Å². The molecular formula is C12H27NO2. The van der Waals surface area contributed by atoms with E-state index >= 15 is 0 Å². The summed E-state index contributed by atoms with van der Waals surface area (Å²) in [5.74, 6) is -0.100. The fourth-order valence-electron chi connectivity index (χ4n) is 0.661. The van der Waals surface area contributed by atoms with Crippen molar-refractivity contribution in [2.75, 3.05) is 27.2 Å². The highest BCUT2D eigenvalue weighted by molar-refractivity contribution is 5.75. The van der Waals surface area contributed by atoms with Crippen molar-refractivity contribution >= 4 is 5.97 Å². The first-order valence-corrected chi connectivity index (χ1v) is 5.72. The van der Waals surface area contributed by atoms with Gasteiger partial charge in [0.2, 0.25) is 0 Å². The molecule has 0 rings (SSSR count). The van der Waals surface area contributed by atoms with E-state index in [4.69, 9.17) is 4.74 Å². The molecule has 0 atom stereocenters. The van der Waals surface area contributed by atoms with Gasteiger partial charge in [-0.1, -0.05) is 20.8 Å². The average molecular weight is 217 g/mol. The van der Waals surface area contributed by atoms with Gasteiger partial charge in [-0.15, -0.1) is 0 Å². The van der Waals surface area contributed by atoms with Gasteiger partial charge in [0, 0.05) is 6.54 Å². The number of ether oxygens (including phenoxy) is 1. The van der Waals surface area contributed by atoms with Gasteiger partial charge < -0.3 is 9.64 Å². The fourth-order valence-corrected chi connectivity index (χ4v) is 0.661. The van der Waals surface area contributed by atoms with E-state index in [0.717, 1.165) is 13.0 Å². The Hall–Kier alpha value is -0.570. The van der Waals surface area contributed by atoms with Crippen LogP contribution < -0.4 is 0 Å². The third-order valence-corrected chi connectivity index (χ3v) is 2.21. The third kappa shape index (κ3) is 8.43. The maximum absolute atomic E-state index is 11.4. The summed E-state index contributed by atoms with van der Waals surface area (Å²) in [7, 11) is 3.91. The zero-order valence-electron chi connectivity index (χ0n) is 11.4. The van der Waals surface area contributed by atoms with Gasteiger partial charge in [0.15, 0.2) is 0 Å². The number of hydrogen-bond acceptors (Lipinski definition) is 3. The van der Waals surface area contributed by atoms with E-state index < -0.39 is 0 Å². The molecule has 0 aliphatic carbocycles. The molecule has 0 spiro atoms. The van der Waals surface area contributed by atoms with Crippen LogP contribution in [0.3, 0.4) is 0 Å². The molecule has 0 aromatic heterocycles. The molecule has 0 amide bonds. The van der Waals surface area contributed by atoms with E-state index in [0.29, 0.717) is 6.61 Å². The maximum Gasteiger partial charge on any atom is 0.311 e. The second-order valence-electron chi connectivity index (χ2n) is 4.18. The number of likely N-dealkylation sites (N-methyl/N-ethyl adjacent to an activating group) is 1. The number of carbonyl (C=O) groups is 1. The lowest BCUT2D eigenvalue weighted by molar-refractivity contribution is -0.154. The lowest BCUT2D eigenvalue weighted by Crippen LogP contribution is -2.28. The van der Waals surface area contributed by atoms with Crippen molar-refractivity contribution in [2.45, 2.75) is 41.0 Å². The lowest BCUT2D eigenvalue weighted by atomic mass is 9.91. The van der Waals surface area contributed by atoms with Crippen molar-refractivity contribution in [3.05, 3.63) is 0 Å². The Kier molecular flexibility index (Phi) is 9.79. The Labute approximate surface area is 94.8 Å². The van der Waals surface area contributed by atoms with Crippen LogP contribution in [0.25, 0.3) is 0 Å². The fraction of sp³-hybridized carbons (Fsp3) is 0.917. The van der Waals surface area contributed by atoms with E-state index in [1.165, 1.54) is 0 Å². The van der Waals surface area contributed by atoms with Crippen molar-refractivity contribution in [3.63, 3.8) is 0 Å². The van der Waals surface area contributed by atoms with Crippen molar-refractivity contribution in [1.29, 1.82) is 0 Å². The van der Waals surface area contributed by atoms with Gasteiger partial charge in [0.05, 0.1) is 5.41 Å². The largest absolute Gasteiger partial charge is 0.464 e. The van der Waals surface area contributed by atoms with E-state index in [-0.39, 0.29) is 11.4 Å². The number of carbonyl (C=O) groups excluding carboxylic acids is 1. The van der Waals surface area contributed by atoms with Gasteiger partial charge in [-0.25, -0.2) is 0 Å². The zero-order valence-corrected chi connectivity index (χ0v) is 11.4. The Morgan fingerprint density at radius 2 is 1.73 bits per heavy atom. The minimum Gasteiger partial charge on any atom is -0.464 e. The first-order valence-electron chi connectivity index (χ1n) is 5.72. The lowest BCUT2D eigenvalue weighted by Gasteiger charge is -2.20. The standard InChI is InChI=1S/C10H21NO2.C2H6/c1-6-10(2,3)9(12)13-8-7-11(4)5;1-2/h6-8H2,1-5H3;1-2H3. The summed E-state index contributed by atoms with van der Waals surface area (Å²) >= 11 is 0. The highest BCUT2D eigenvalue weighted by Crippen LogP contribution is 2.21. The van der Waals surface area contributed by atoms with Crippen LogP contribution in [0, 0.1) is 5.41 Å². The van der Waals surface area contributed by atoms with E-state index in [9.17, 15) is 4.79 Å².